The average molecular weight is 280 g/mol. The van der Waals surface area contributed by atoms with Gasteiger partial charge in [0.1, 0.15) is 10.8 Å². The van der Waals surface area contributed by atoms with Crippen LogP contribution in [-0.2, 0) is 0 Å². The second kappa shape index (κ2) is 5.22. The van der Waals surface area contributed by atoms with Gasteiger partial charge in [0.05, 0.1) is 5.52 Å². The normalized spacial score (nSPS) is 10.4. The van der Waals surface area contributed by atoms with E-state index < -0.39 is 0 Å². The minimum Gasteiger partial charge on any atom is -0.389 e. The van der Waals surface area contributed by atoms with Gasteiger partial charge in [0.25, 0.3) is 0 Å². The molecule has 3 aromatic rings. The second-order valence-electron chi connectivity index (χ2n) is 4.29. The summed E-state index contributed by atoms with van der Waals surface area (Å²) in [6, 6.07) is 13.5. The van der Waals surface area contributed by atoms with E-state index >= 15 is 0 Å². The Balaban J connectivity index is 2.01. The van der Waals surface area contributed by atoms with Crippen LogP contribution in [-0.4, -0.2) is 15.0 Å². The molecule has 0 saturated carbocycles. The predicted molar refractivity (Wildman–Crippen MR) is 85.2 cm³/mol. The van der Waals surface area contributed by atoms with Crippen LogP contribution in [0.2, 0.25) is 0 Å². The van der Waals surface area contributed by atoms with Gasteiger partial charge in [0.2, 0.25) is 0 Å². The first-order valence-electron chi connectivity index (χ1n) is 6.11. The van der Waals surface area contributed by atoms with E-state index in [9.17, 15) is 0 Å². The van der Waals surface area contributed by atoms with Crippen molar-refractivity contribution in [1.82, 2.24) is 9.97 Å². The Labute approximate surface area is 121 Å². The summed E-state index contributed by atoms with van der Waals surface area (Å²) in [5.74, 6) is 0.701. The molecule has 0 unspecified atom stereocenters. The summed E-state index contributed by atoms with van der Waals surface area (Å²) in [5.41, 5.74) is 8.30. The molecule has 0 atom stereocenters. The number of hydrogen-bond acceptors (Lipinski definition) is 4. The van der Waals surface area contributed by atoms with Crippen molar-refractivity contribution in [3.63, 3.8) is 0 Å². The van der Waals surface area contributed by atoms with E-state index in [0.717, 1.165) is 22.2 Å². The first-order chi connectivity index (χ1) is 9.74. The third-order valence-electron chi connectivity index (χ3n) is 2.95. The second-order valence-corrected chi connectivity index (χ2v) is 4.73. The Kier molecular flexibility index (Phi) is 3.26. The number of nitrogens with two attached hydrogens (primary N) is 1. The van der Waals surface area contributed by atoms with Gasteiger partial charge in [0.15, 0.2) is 0 Å². The van der Waals surface area contributed by atoms with Gasteiger partial charge in [-0.3, -0.25) is 4.98 Å². The van der Waals surface area contributed by atoms with Gasteiger partial charge in [-0.1, -0.05) is 18.3 Å². The number of nitrogens with zero attached hydrogens (tertiary/aromatic N) is 2. The fourth-order valence-electron chi connectivity index (χ4n) is 2.00. The van der Waals surface area contributed by atoms with Crippen molar-refractivity contribution in [2.75, 3.05) is 5.32 Å². The third-order valence-corrected chi connectivity index (χ3v) is 3.19. The molecular weight excluding hydrogens is 268 g/mol. The molecule has 20 heavy (non-hydrogen) atoms. The fourth-order valence-corrected chi connectivity index (χ4v) is 2.13. The summed E-state index contributed by atoms with van der Waals surface area (Å²) in [4.78, 5) is 8.96. The SMILES string of the molecule is NC(=S)c1ccnc(Nc2cccc3ncccc23)c1. The van der Waals surface area contributed by atoms with E-state index in [1.807, 2.05) is 36.4 Å². The number of pyridine rings is 2. The molecular formula is C15H12N4S. The zero-order valence-corrected chi connectivity index (χ0v) is 11.4. The van der Waals surface area contributed by atoms with E-state index in [1.165, 1.54) is 0 Å². The van der Waals surface area contributed by atoms with Gasteiger partial charge >= 0.3 is 0 Å². The number of anilines is 2. The van der Waals surface area contributed by atoms with Gasteiger partial charge in [-0.15, -0.1) is 0 Å². The number of thiocarbonyl (C=S) groups is 1. The van der Waals surface area contributed by atoms with Crippen LogP contribution in [0.1, 0.15) is 5.56 Å². The van der Waals surface area contributed by atoms with Gasteiger partial charge < -0.3 is 11.1 Å². The summed E-state index contributed by atoms with van der Waals surface area (Å²) in [6.07, 6.45) is 3.46. The Bertz CT molecular complexity index is 780. The minimum absolute atomic E-state index is 0.357. The number of aromatic nitrogens is 2. The molecule has 0 bridgehead atoms. The first-order valence-corrected chi connectivity index (χ1v) is 6.51. The molecule has 0 radical (unpaired) electrons. The largest absolute Gasteiger partial charge is 0.389 e. The zero-order valence-electron chi connectivity index (χ0n) is 10.6. The maximum atomic E-state index is 5.63. The zero-order chi connectivity index (χ0) is 13.9. The molecule has 5 heteroatoms. The molecule has 3 N–H and O–H groups in total. The van der Waals surface area contributed by atoms with Crippen molar-refractivity contribution in [3.8, 4) is 0 Å². The van der Waals surface area contributed by atoms with Crippen LogP contribution in [0.25, 0.3) is 10.9 Å². The molecule has 0 spiro atoms. The number of fused-ring (bicyclic) bond motifs is 1. The first kappa shape index (κ1) is 12.5. The van der Waals surface area contributed by atoms with Crippen molar-refractivity contribution in [3.05, 3.63) is 60.4 Å². The summed E-state index contributed by atoms with van der Waals surface area (Å²) in [5, 5.41) is 4.32. The van der Waals surface area contributed by atoms with Crippen molar-refractivity contribution >= 4 is 39.6 Å². The highest BCUT2D eigenvalue weighted by molar-refractivity contribution is 7.80. The minimum atomic E-state index is 0.357. The summed E-state index contributed by atoms with van der Waals surface area (Å²) >= 11 is 4.98. The van der Waals surface area contributed by atoms with E-state index in [2.05, 4.69) is 15.3 Å². The predicted octanol–water partition coefficient (Wildman–Crippen LogP) is 3.01. The Morgan fingerprint density at radius 3 is 2.80 bits per heavy atom. The summed E-state index contributed by atoms with van der Waals surface area (Å²) < 4.78 is 0. The van der Waals surface area contributed by atoms with Crippen LogP contribution in [0.4, 0.5) is 11.5 Å². The quantitative estimate of drug-likeness (QED) is 0.722. The Morgan fingerprint density at radius 1 is 1.05 bits per heavy atom. The summed E-state index contributed by atoms with van der Waals surface area (Å²) in [7, 11) is 0. The van der Waals surface area contributed by atoms with Crippen LogP contribution in [0.3, 0.4) is 0 Å². The highest BCUT2D eigenvalue weighted by atomic mass is 32.1. The molecule has 1 aromatic carbocycles. The van der Waals surface area contributed by atoms with E-state index in [0.29, 0.717) is 10.8 Å². The van der Waals surface area contributed by atoms with Gasteiger partial charge in [-0.05, 0) is 36.4 Å². The molecule has 2 aromatic heterocycles. The van der Waals surface area contributed by atoms with E-state index in [4.69, 9.17) is 18.0 Å². The van der Waals surface area contributed by atoms with Crippen LogP contribution in [0, 0.1) is 0 Å². The lowest BCUT2D eigenvalue weighted by molar-refractivity contribution is 1.30. The molecule has 0 fully saturated rings. The van der Waals surface area contributed by atoms with Crippen LogP contribution >= 0.6 is 12.2 Å². The molecule has 0 aliphatic rings. The standard InChI is InChI=1S/C15H12N4S/c16-15(20)10-6-8-18-14(9-10)19-13-5-1-4-12-11(13)3-2-7-17-12/h1-9H,(H2,16,20)(H,18,19). The highest BCUT2D eigenvalue weighted by Gasteiger charge is 2.04. The maximum absolute atomic E-state index is 5.63. The van der Waals surface area contributed by atoms with Crippen LogP contribution in [0.15, 0.2) is 54.9 Å². The Morgan fingerprint density at radius 2 is 1.95 bits per heavy atom. The number of hydrogen-bond donors (Lipinski definition) is 2. The number of rotatable bonds is 3. The lowest BCUT2D eigenvalue weighted by Gasteiger charge is -2.09. The third kappa shape index (κ3) is 2.44. The monoisotopic (exact) mass is 280 g/mol. The van der Waals surface area contributed by atoms with E-state index in [1.54, 1.807) is 18.5 Å². The molecule has 0 aliphatic carbocycles. The average Bonchev–Trinajstić information content (AvgIpc) is 2.48. The van der Waals surface area contributed by atoms with Gasteiger partial charge in [0, 0.05) is 29.0 Å². The molecule has 0 aliphatic heterocycles. The molecule has 4 nitrogen and oxygen atoms in total. The van der Waals surface area contributed by atoms with E-state index in [-0.39, 0.29) is 0 Å². The van der Waals surface area contributed by atoms with Crippen molar-refractivity contribution in [2.24, 2.45) is 5.73 Å². The lowest BCUT2D eigenvalue weighted by atomic mass is 10.2. The molecule has 2 heterocycles. The smallest absolute Gasteiger partial charge is 0.130 e. The van der Waals surface area contributed by atoms with Gasteiger partial charge in [-0.25, -0.2) is 4.98 Å². The van der Waals surface area contributed by atoms with Crippen molar-refractivity contribution in [1.29, 1.82) is 0 Å². The maximum Gasteiger partial charge on any atom is 0.130 e. The number of nitrogens with one attached hydrogen (secondary N) is 1. The molecule has 3 rings (SSSR count). The molecule has 0 saturated heterocycles. The molecule has 98 valence electrons. The number of benzene rings is 1. The van der Waals surface area contributed by atoms with Crippen molar-refractivity contribution in [2.45, 2.75) is 0 Å². The van der Waals surface area contributed by atoms with Crippen LogP contribution < -0.4 is 11.1 Å². The van der Waals surface area contributed by atoms with Crippen LogP contribution in [0.5, 0.6) is 0 Å². The molecule has 0 amide bonds. The summed E-state index contributed by atoms with van der Waals surface area (Å²) in [6.45, 7) is 0. The van der Waals surface area contributed by atoms with Gasteiger partial charge in [-0.2, -0.15) is 0 Å². The topological polar surface area (TPSA) is 63.8 Å². The Hall–Kier alpha value is -2.53. The highest BCUT2D eigenvalue weighted by Crippen LogP contribution is 2.24. The fraction of sp³-hybridized carbons (Fsp3) is 0. The lowest BCUT2D eigenvalue weighted by Crippen LogP contribution is -2.09. The van der Waals surface area contributed by atoms with Crippen molar-refractivity contribution < 1.29 is 0 Å².